The van der Waals surface area contributed by atoms with Crippen molar-refractivity contribution in [2.24, 2.45) is 0 Å². The molecular weight excluding hydrogens is 145 g/mol. The fraction of sp³-hybridized carbons (Fsp3) is 1.00. The Morgan fingerprint density at radius 1 is 1.27 bits per heavy atom. The molecule has 0 aromatic carbocycles. The second kappa shape index (κ2) is 5.49. The number of nitrogens with one attached hydrogen (secondary N) is 1. The summed E-state index contributed by atoms with van der Waals surface area (Å²) < 4.78 is 17.0. The van der Waals surface area contributed by atoms with Crippen LogP contribution in [0, 0.1) is 0 Å². The van der Waals surface area contributed by atoms with Gasteiger partial charge in [-0.2, -0.15) is 5.54 Å². The first kappa shape index (κ1) is 10.8. The Morgan fingerprint density at radius 2 is 1.73 bits per heavy atom. The normalized spacial score (nSPS) is 21.8. The average molecular weight is 163 g/mol. The fourth-order valence-corrected chi connectivity index (χ4v) is 0.916. The third-order valence-electron chi connectivity index (χ3n) is 1.82. The molecule has 0 aromatic heterocycles. The summed E-state index contributed by atoms with van der Waals surface area (Å²) in [6.45, 7) is 7.22. The smallest absolute Gasteiger partial charge is 0.0497 e. The van der Waals surface area contributed by atoms with Gasteiger partial charge in [0.1, 0.15) is 0 Å². The summed E-state index contributed by atoms with van der Waals surface area (Å²) in [4.78, 5) is 0. The van der Waals surface area contributed by atoms with Gasteiger partial charge in [0.15, 0.2) is 0 Å². The summed E-state index contributed by atoms with van der Waals surface area (Å²) in [6, 6.07) is 0. The van der Waals surface area contributed by atoms with E-state index < -0.39 is 0 Å². The molecule has 2 nitrogen and oxygen atoms in total. The van der Waals surface area contributed by atoms with Crippen LogP contribution in [0.1, 0.15) is 33.6 Å². The molecular formula is C8H18FNO. The molecule has 0 bridgehead atoms. The molecule has 1 N–H and O–H groups in total. The van der Waals surface area contributed by atoms with Crippen LogP contribution in [0.25, 0.3) is 0 Å². The molecule has 3 heteroatoms. The first-order valence-corrected chi connectivity index (χ1v) is 4.22. The predicted octanol–water partition coefficient (Wildman–Crippen LogP) is 2.06. The van der Waals surface area contributed by atoms with Crippen LogP contribution in [0.2, 0.25) is 0 Å². The number of hydrogen-bond donors (Lipinski definition) is 1. The molecule has 1 fully saturated rings. The maximum atomic E-state index is 12.0. The summed E-state index contributed by atoms with van der Waals surface area (Å²) in [5.41, 5.74) is 1.48. The minimum Gasteiger partial charge on any atom is -0.381 e. The molecule has 68 valence electrons. The van der Waals surface area contributed by atoms with Gasteiger partial charge in [0, 0.05) is 18.8 Å². The van der Waals surface area contributed by atoms with Gasteiger partial charge >= 0.3 is 0 Å². The molecule has 1 aliphatic rings. The van der Waals surface area contributed by atoms with E-state index in [0.29, 0.717) is 13.2 Å². The lowest BCUT2D eigenvalue weighted by atomic mass is 9.94. The Morgan fingerprint density at radius 3 is 2.00 bits per heavy atom. The van der Waals surface area contributed by atoms with Crippen molar-refractivity contribution in [3.8, 4) is 0 Å². The van der Waals surface area contributed by atoms with Gasteiger partial charge in [-0.05, 0) is 19.8 Å². The molecule has 0 aliphatic carbocycles. The third-order valence-corrected chi connectivity index (χ3v) is 1.82. The summed E-state index contributed by atoms with van der Waals surface area (Å²) in [7, 11) is 0. The maximum Gasteiger partial charge on any atom is 0.0497 e. The highest BCUT2D eigenvalue weighted by Crippen LogP contribution is 2.18. The Bertz CT molecular complexity index is 92.1. The molecule has 0 amide bonds. The van der Waals surface area contributed by atoms with Crippen LogP contribution >= 0.6 is 0 Å². The highest BCUT2D eigenvalue weighted by molar-refractivity contribution is 4.81. The topological polar surface area (TPSA) is 21.3 Å². The lowest BCUT2D eigenvalue weighted by Gasteiger charge is -2.30. The molecule has 11 heavy (non-hydrogen) atoms. The molecule has 1 rings (SSSR count). The van der Waals surface area contributed by atoms with Crippen molar-refractivity contribution < 1.29 is 9.22 Å². The van der Waals surface area contributed by atoms with Crippen LogP contribution in [0.5, 0.6) is 0 Å². The van der Waals surface area contributed by atoms with Gasteiger partial charge in [-0.3, -0.25) is 0 Å². The lowest BCUT2D eigenvalue weighted by Crippen LogP contribution is -2.42. The molecule has 0 radical (unpaired) electrons. The first-order chi connectivity index (χ1) is 5.27. The molecule has 0 atom stereocenters. The highest BCUT2D eigenvalue weighted by Gasteiger charge is 2.26. The van der Waals surface area contributed by atoms with Crippen molar-refractivity contribution in [3.63, 3.8) is 0 Å². The summed E-state index contributed by atoms with van der Waals surface area (Å²) >= 11 is 0. The molecule has 0 aromatic rings. The highest BCUT2D eigenvalue weighted by atomic mass is 19.2. The summed E-state index contributed by atoms with van der Waals surface area (Å²) in [6.07, 6.45) is 1.53. The second-order valence-electron chi connectivity index (χ2n) is 2.77. The summed E-state index contributed by atoms with van der Waals surface area (Å²) in [5.74, 6) is 0. The standard InChI is InChI=1S/C6H12FNO.C2H6/c1-6(8-7)2-4-9-5-3-6;1-2/h8H,2-5H2,1H3;1-2H3. The number of ether oxygens (including phenoxy) is 1. The van der Waals surface area contributed by atoms with E-state index in [1.54, 1.807) is 5.54 Å². The van der Waals surface area contributed by atoms with Crippen molar-refractivity contribution in [2.75, 3.05) is 13.2 Å². The number of halogens is 1. The van der Waals surface area contributed by atoms with Crippen molar-refractivity contribution >= 4 is 0 Å². The third kappa shape index (κ3) is 3.68. The van der Waals surface area contributed by atoms with E-state index in [1.165, 1.54) is 0 Å². The van der Waals surface area contributed by atoms with Gasteiger partial charge in [-0.1, -0.05) is 13.8 Å². The van der Waals surface area contributed by atoms with Gasteiger partial charge in [-0.25, -0.2) is 0 Å². The van der Waals surface area contributed by atoms with E-state index >= 15 is 0 Å². The van der Waals surface area contributed by atoms with E-state index in [1.807, 2.05) is 20.8 Å². The maximum absolute atomic E-state index is 12.0. The van der Waals surface area contributed by atoms with Crippen molar-refractivity contribution in [1.29, 1.82) is 0 Å². The fourth-order valence-electron chi connectivity index (χ4n) is 0.916. The molecule has 0 unspecified atom stereocenters. The second-order valence-corrected chi connectivity index (χ2v) is 2.77. The number of rotatable bonds is 1. The predicted molar refractivity (Wildman–Crippen MR) is 44.0 cm³/mol. The SMILES string of the molecule is CC.CC1(NF)CCOCC1. The Kier molecular flexibility index (Phi) is 5.42. The lowest BCUT2D eigenvalue weighted by molar-refractivity contribution is 0.0179. The minimum absolute atomic E-state index is 0.321. The zero-order valence-corrected chi connectivity index (χ0v) is 7.61. The summed E-state index contributed by atoms with van der Waals surface area (Å²) in [5, 5.41) is 0. The Balaban J connectivity index is 0.000000461. The van der Waals surface area contributed by atoms with Crippen LogP contribution in [-0.2, 0) is 4.74 Å². The van der Waals surface area contributed by atoms with Crippen molar-refractivity contribution in [3.05, 3.63) is 0 Å². The molecule has 1 heterocycles. The van der Waals surface area contributed by atoms with Crippen LogP contribution in [-0.4, -0.2) is 18.8 Å². The molecule has 1 saturated heterocycles. The van der Waals surface area contributed by atoms with Crippen molar-refractivity contribution in [1.82, 2.24) is 5.54 Å². The molecule has 0 saturated carbocycles. The van der Waals surface area contributed by atoms with E-state index in [-0.39, 0.29) is 5.54 Å². The first-order valence-electron chi connectivity index (χ1n) is 4.22. The quantitative estimate of drug-likeness (QED) is 0.597. The van der Waals surface area contributed by atoms with Gasteiger partial charge in [-0.15, -0.1) is 4.48 Å². The molecule has 1 aliphatic heterocycles. The van der Waals surface area contributed by atoms with Gasteiger partial charge < -0.3 is 4.74 Å². The van der Waals surface area contributed by atoms with Gasteiger partial charge in [0.05, 0.1) is 0 Å². The van der Waals surface area contributed by atoms with Crippen LogP contribution < -0.4 is 5.54 Å². The van der Waals surface area contributed by atoms with Crippen LogP contribution in [0.4, 0.5) is 4.48 Å². The van der Waals surface area contributed by atoms with Gasteiger partial charge in [0.25, 0.3) is 0 Å². The van der Waals surface area contributed by atoms with Crippen LogP contribution in [0.3, 0.4) is 0 Å². The van der Waals surface area contributed by atoms with Crippen molar-refractivity contribution in [2.45, 2.75) is 39.2 Å². The zero-order chi connectivity index (χ0) is 8.74. The largest absolute Gasteiger partial charge is 0.381 e. The zero-order valence-electron chi connectivity index (χ0n) is 7.61. The monoisotopic (exact) mass is 163 g/mol. The average Bonchev–Trinajstić information content (AvgIpc) is 2.10. The Labute approximate surface area is 68.1 Å². The Hall–Kier alpha value is -0.150. The minimum atomic E-state index is -0.321. The molecule has 0 spiro atoms. The van der Waals surface area contributed by atoms with E-state index in [4.69, 9.17) is 4.74 Å². The van der Waals surface area contributed by atoms with E-state index in [2.05, 4.69) is 0 Å². The van der Waals surface area contributed by atoms with E-state index in [0.717, 1.165) is 12.8 Å². The van der Waals surface area contributed by atoms with Crippen LogP contribution in [0.15, 0.2) is 0 Å². The number of hydrogen-bond acceptors (Lipinski definition) is 2. The van der Waals surface area contributed by atoms with Gasteiger partial charge in [0.2, 0.25) is 0 Å². The van der Waals surface area contributed by atoms with E-state index in [9.17, 15) is 4.48 Å².